The van der Waals surface area contributed by atoms with Crippen LogP contribution in [0.3, 0.4) is 0 Å². The van der Waals surface area contributed by atoms with Gasteiger partial charge in [-0.1, -0.05) is 12.1 Å². The fraction of sp³-hybridized carbons (Fsp3) is 0.500. The number of aromatic nitrogens is 1. The molecule has 0 saturated carbocycles. The third-order valence-corrected chi connectivity index (χ3v) is 4.04. The van der Waals surface area contributed by atoms with Gasteiger partial charge in [0.2, 0.25) is 0 Å². The van der Waals surface area contributed by atoms with E-state index in [0.717, 1.165) is 13.0 Å². The van der Waals surface area contributed by atoms with E-state index in [1.807, 2.05) is 0 Å². The van der Waals surface area contributed by atoms with Crippen LogP contribution in [0.15, 0.2) is 30.5 Å². The van der Waals surface area contributed by atoms with E-state index in [1.54, 1.807) is 0 Å². The van der Waals surface area contributed by atoms with Crippen molar-refractivity contribution in [3.8, 4) is 0 Å². The fourth-order valence-electron chi connectivity index (χ4n) is 3.06. The molecule has 19 heavy (non-hydrogen) atoms. The van der Waals surface area contributed by atoms with Gasteiger partial charge in [-0.05, 0) is 50.4 Å². The van der Waals surface area contributed by atoms with E-state index in [0.29, 0.717) is 18.8 Å². The summed E-state index contributed by atoms with van der Waals surface area (Å²) in [7, 11) is 0. The first-order valence-electron chi connectivity index (χ1n) is 7.20. The van der Waals surface area contributed by atoms with Gasteiger partial charge in [-0.25, -0.2) is 0 Å². The van der Waals surface area contributed by atoms with Crippen LogP contribution in [0, 0.1) is 0 Å². The summed E-state index contributed by atoms with van der Waals surface area (Å²) in [4.78, 5) is 0. The van der Waals surface area contributed by atoms with Gasteiger partial charge in [0.05, 0.1) is 12.2 Å². The monoisotopic (exact) mass is 258 g/mol. The number of fused-ring (bicyclic) bond motifs is 1. The van der Waals surface area contributed by atoms with Crippen LogP contribution < -0.4 is 5.73 Å². The molecule has 1 aliphatic rings. The highest BCUT2D eigenvalue weighted by Crippen LogP contribution is 2.25. The molecule has 2 N–H and O–H groups in total. The smallest absolute Gasteiger partial charge is 0.0758 e. The molecular weight excluding hydrogens is 236 g/mol. The van der Waals surface area contributed by atoms with Gasteiger partial charge in [-0.3, -0.25) is 0 Å². The van der Waals surface area contributed by atoms with Crippen LogP contribution in [0.1, 0.15) is 25.3 Å². The van der Waals surface area contributed by atoms with Crippen LogP contribution in [-0.2, 0) is 17.7 Å². The molecule has 3 rings (SSSR count). The van der Waals surface area contributed by atoms with Crippen molar-refractivity contribution in [2.24, 2.45) is 5.73 Å². The molecule has 0 radical (unpaired) electrons. The number of hydrogen-bond acceptors (Lipinski definition) is 2. The second kappa shape index (κ2) is 5.35. The molecule has 2 aromatic rings. The van der Waals surface area contributed by atoms with Crippen LogP contribution in [0.25, 0.3) is 10.9 Å². The third kappa shape index (κ3) is 2.53. The zero-order chi connectivity index (χ0) is 13.2. The number of rotatable bonds is 4. The summed E-state index contributed by atoms with van der Waals surface area (Å²) in [5.41, 5.74) is 8.33. The molecule has 2 heterocycles. The highest BCUT2D eigenvalue weighted by molar-refractivity contribution is 5.83. The first-order chi connectivity index (χ1) is 9.28. The lowest BCUT2D eigenvalue weighted by Gasteiger charge is -2.13. The van der Waals surface area contributed by atoms with Crippen LogP contribution in [0.2, 0.25) is 0 Å². The fourth-order valence-corrected chi connectivity index (χ4v) is 3.06. The molecule has 0 aliphatic carbocycles. The summed E-state index contributed by atoms with van der Waals surface area (Å²) in [6.07, 6.45) is 6.25. The second-order valence-corrected chi connectivity index (χ2v) is 5.50. The first kappa shape index (κ1) is 12.7. The lowest BCUT2D eigenvalue weighted by Crippen LogP contribution is -2.15. The minimum atomic E-state index is 0.365. The van der Waals surface area contributed by atoms with Crippen molar-refractivity contribution in [3.05, 3.63) is 36.0 Å². The first-order valence-corrected chi connectivity index (χ1v) is 7.20. The molecule has 102 valence electrons. The molecule has 0 amide bonds. The molecule has 3 nitrogen and oxygen atoms in total. The van der Waals surface area contributed by atoms with Gasteiger partial charge in [-0.2, -0.15) is 0 Å². The second-order valence-electron chi connectivity index (χ2n) is 5.50. The maximum atomic E-state index is 5.92. The van der Waals surface area contributed by atoms with Crippen LogP contribution >= 0.6 is 0 Å². The molecule has 0 bridgehead atoms. The predicted octanol–water partition coefficient (Wildman–Crippen LogP) is 2.71. The van der Waals surface area contributed by atoms with Crippen molar-refractivity contribution >= 4 is 10.9 Å². The van der Waals surface area contributed by atoms with E-state index in [-0.39, 0.29) is 0 Å². The number of nitrogens with two attached hydrogens (primary N) is 1. The van der Waals surface area contributed by atoms with Crippen molar-refractivity contribution in [1.82, 2.24) is 4.57 Å². The minimum Gasteiger partial charge on any atom is -0.373 e. The Morgan fingerprint density at radius 1 is 1.32 bits per heavy atom. The van der Waals surface area contributed by atoms with Gasteiger partial charge < -0.3 is 15.0 Å². The molecule has 1 aromatic heterocycles. The summed E-state index contributed by atoms with van der Waals surface area (Å²) in [5, 5.41) is 1.33. The minimum absolute atomic E-state index is 0.365. The topological polar surface area (TPSA) is 40.2 Å². The molecule has 1 saturated heterocycles. The largest absolute Gasteiger partial charge is 0.373 e. The van der Waals surface area contributed by atoms with Gasteiger partial charge >= 0.3 is 0 Å². The van der Waals surface area contributed by atoms with Gasteiger partial charge in [-0.15, -0.1) is 0 Å². The molecule has 3 heteroatoms. The summed E-state index contributed by atoms with van der Waals surface area (Å²) < 4.78 is 8.24. The number of nitrogens with zero attached hydrogens (tertiary/aromatic N) is 1. The van der Waals surface area contributed by atoms with Crippen molar-refractivity contribution in [2.75, 3.05) is 6.54 Å². The van der Waals surface area contributed by atoms with E-state index in [2.05, 4.69) is 42.0 Å². The van der Waals surface area contributed by atoms with Crippen LogP contribution in [-0.4, -0.2) is 23.3 Å². The van der Waals surface area contributed by atoms with Gasteiger partial charge in [0.1, 0.15) is 0 Å². The Morgan fingerprint density at radius 3 is 2.95 bits per heavy atom. The molecular formula is C16H22N2O. The SMILES string of the molecule is CC1CCC(Cn2ccc3c(CCN)cccc32)O1. The van der Waals surface area contributed by atoms with Crippen molar-refractivity contribution in [2.45, 2.75) is 44.9 Å². The zero-order valence-electron chi connectivity index (χ0n) is 11.5. The van der Waals surface area contributed by atoms with Gasteiger partial charge in [0.15, 0.2) is 0 Å². The Hall–Kier alpha value is -1.32. The van der Waals surface area contributed by atoms with Crippen LogP contribution in [0.4, 0.5) is 0 Å². The van der Waals surface area contributed by atoms with Crippen LogP contribution in [0.5, 0.6) is 0 Å². The average molecular weight is 258 g/mol. The standard InChI is InChI=1S/C16H22N2O/c1-12-5-6-14(19-12)11-18-10-8-15-13(7-9-17)3-2-4-16(15)18/h2-4,8,10,12,14H,5-7,9,11,17H2,1H3. The molecule has 1 aromatic carbocycles. The molecule has 1 fully saturated rings. The molecule has 2 unspecified atom stereocenters. The Bertz CT molecular complexity index is 561. The maximum Gasteiger partial charge on any atom is 0.0758 e. The Balaban J connectivity index is 1.86. The Kier molecular flexibility index (Phi) is 3.58. The van der Waals surface area contributed by atoms with Gasteiger partial charge in [0.25, 0.3) is 0 Å². The predicted molar refractivity (Wildman–Crippen MR) is 78.3 cm³/mol. The molecule has 0 spiro atoms. The summed E-state index contributed by atoms with van der Waals surface area (Å²) in [6.45, 7) is 3.82. The summed E-state index contributed by atoms with van der Waals surface area (Å²) >= 11 is 0. The average Bonchev–Trinajstić information content (AvgIpc) is 2.99. The Morgan fingerprint density at radius 2 is 2.21 bits per heavy atom. The van der Waals surface area contributed by atoms with E-state index in [1.165, 1.54) is 29.3 Å². The normalized spacial score (nSPS) is 23.3. The number of hydrogen-bond donors (Lipinski definition) is 1. The van der Waals surface area contributed by atoms with E-state index >= 15 is 0 Å². The van der Waals surface area contributed by atoms with E-state index in [9.17, 15) is 0 Å². The molecule has 1 aliphatic heterocycles. The number of benzene rings is 1. The van der Waals surface area contributed by atoms with Gasteiger partial charge in [0, 0.05) is 23.6 Å². The lowest BCUT2D eigenvalue weighted by molar-refractivity contribution is 0.0465. The summed E-state index contributed by atoms with van der Waals surface area (Å²) in [5.74, 6) is 0. The van der Waals surface area contributed by atoms with E-state index in [4.69, 9.17) is 10.5 Å². The summed E-state index contributed by atoms with van der Waals surface area (Å²) in [6, 6.07) is 8.70. The highest BCUT2D eigenvalue weighted by atomic mass is 16.5. The lowest BCUT2D eigenvalue weighted by atomic mass is 10.1. The Labute approximate surface area is 114 Å². The van der Waals surface area contributed by atoms with Crippen molar-refractivity contribution in [3.63, 3.8) is 0 Å². The van der Waals surface area contributed by atoms with Crippen molar-refractivity contribution < 1.29 is 4.74 Å². The zero-order valence-corrected chi connectivity index (χ0v) is 11.5. The number of ether oxygens (including phenoxy) is 1. The third-order valence-electron chi connectivity index (χ3n) is 4.04. The quantitative estimate of drug-likeness (QED) is 0.916. The molecule has 2 atom stereocenters. The highest BCUT2D eigenvalue weighted by Gasteiger charge is 2.22. The van der Waals surface area contributed by atoms with Crippen molar-refractivity contribution in [1.29, 1.82) is 0 Å². The maximum absolute atomic E-state index is 5.92. The van der Waals surface area contributed by atoms with E-state index < -0.39 is 0 Å².